The van der Waals surface area contributed by atoms with E-state index in [0.29, 0.717) is 0 Å². The number of hydrogen-bond acceptors (Lipinski definition) is 0. The maximum atomic E-state index is 2.30. The summed E-state index contributed by atoms with van der Waals surface area (Å²) in [6.45, 7) is 25.7. The normalized spacial score (nSPS) is 9.27. The van der Waals surface area contributed by atoms with Gasteiger partial charge in [0.15, 0.2) is 0 Å². The minimum Gasteiger partial charge on any atom is -1.00 e. The van der Waals surface area contributed by atoms with Crippen LogP contribution in [0, 0.1) is 6.92 Å². The number of rotatable bonds is 23. The first-order valence-corrected chi connectivity index (χ1v) is 28.3. The van der Waals surface area contributed by atoms with Gasteiger partial charge in [0.2, 0.25) is 38.0 Å². The molecule has 0 bridgehead atoms. The van der Waals surface area contributed by atoms with E-state index < -0.39 is 0 Å². The van der Waals surface area contributed by atoms with E-state index in [9.17, 15) is 0 Å². The smallest absolute Gasteiger partial charge is 0.253 e. The molecule has 0 aromatic carbocycles. The van der Waals surface area contributed by atoms with Gasteiger partial charge in [-0.1, -0.05) is 152 Å². The van der Waals surface area contributed by atoms with Crippen LogP contribution < -0.4 is 44.4 Å². The molecule has 0 aliphatic rings. The van der Waals surface area contributed by atoms with Crippen LogP contribution in [0.25, 0.3) is 0 Å². The molecule has 81 heavy (non-hydrogen) atoms. The quantitative estimate of drug-likeness (QED) is 0.0453. The Morgan fingerprint density at radius 1 is 0.272 bits per heavy atom. The van der Waals surface area contributed by atoms with Gasteiger partial charge in [0.1, 0.15) is 86.8 Å². The molecular formula is C66H139ClN14+6. The molecule has 0 amide bonds. The summed E-state index contributed by atoms with van der Waals surface area (Å²) in [5.74, 6) is 1.33. The summed E-state index contributed by atoms with van der Waals surface area (Å²) >= 11 is 0. The lowest BCUT2D eigenvalue weighted by molar-refractivity contribution is -0.677. The molecule has 0 radical (unpaired) electrons. The average molecular weight is 1160 g/mol. The molecule has 7 rings (SSSR count). The number of halogens is 1. The van der Waals surface area contributed by atoms with Crippen molar-refractivity contribution in [1.82, 2.24) is 32.0 Å². The predicted octanol–water partition coefficient (Wildman–Crippen LogP) is 10.3. The fraction of sp³-hybridized carbons (Fsp3) is 0.682. The molecule has 7 heterocycles. The van der Waals surface area contributed by atoms with Crippen molar-refractivity contribution in [2.75, 3.05) is 0 Å². The van der Waals surface area contributed by atoms with Gasteiger partial charge < -0.3 is 12.4 Å². The van der Waals surface area contributed by atoms with Crippen LogP contribution in [0.15, 0.2) is 125 Å². The maximum Gasteiger partial charge on any atom is 0.253 e. The number of nitrogens with zero attached hydrogens (tertiary/aromatic N) is 14. The van der Waals surface area contributed by atoms with Crippen molar-refractivity contribution >= 4 is 0 Å². The number of aromatic nitrogens is 14. The highest BCUT2D eigenvalue weighted by Crippen LogP contribution is 2.01. The van der Waals surface area contributed by atoms with E-state index >= 15 is 0 Å². The molecule has 14 nitrogen and oxygen atoms in total. The van der Waals surface area contributed by atoms with Crippen LogP contribution in [-0.2, 0) is 95.1 Å². The lowest BCUT2D eigenvalue weighted by Gasteiger charge is -1.95. The molecule has 0 saturated heterocycles. The Morgan fingerprint density at radius 2 is 0.481 bits per heavy atom. The summed E-state index contributed by atoms with van der Waals surface area (Å²) < 4.78 is 30.2. The summed E-state index contributed by atoms with van der Waals surface area (Å²) in [4.78, 5) is 0. The van der Waals surface area contributed by atoms with E-state index in [0.717, 1.165) is 39.3 Å². The van der Waals surface area contributed by atoms with E-state index in [-0.39, 0.29) is 64.4 Å². The third-order valence-electron chi connectivity index (χ3n) is 12.2. The topological polar surface area (TPSA) is 61.7 Å². The van der Waals surface area contributed by atoms with Crippen LogP contribution in [0.4, 0.5) is 0 Å². The van der Waals surface area contributed by atoms with Gasteiger partial charge in [0.05, 0.1) is 95.1 Å². The first kappa shape index (κ1) is 92.2. The second kappa shape index (κ2) is 59.4. The molecule has 0 atom stereocenters. The van der Waals surface area contributed by atoms with Crippen molar-refractivity contribution in [2.24, 2.45) is 49.3 Å². The molecular weight excluding hydrogens is 1020 g/mol. The fourth-order valence-corrected chi connectivity index (χ4v) is 7.39. The van der Waals surface area contributed by atoms with Gasteiger partial charge >= 0.3 is 0 Å². The van der Waals surface area contributed by atoms with Crippen molar-refractivity contribution in [2.45, 2.75) is 256 Å². The second-order valence-electron chi connectivity index (χ2n) is 19.7. The standard InChI is InChI=1S/C10H19N2.C9H17N2.5C8H15N2.7CH4.ClH/c1-3-4-5-6-7-12-9-8-11(2)10-12;1-4-5-6-11-8-7-10(3)9(11)2;5*1-3-4-5-10-7-6-9(2)8-10;;;;;;;;/h8-10H,3-7H2,1-2H3;7-8H,4-6H2,1-3H3;5*6-8H,3-5H2,1-2H3;7*1H4;1H/q7*+1;;;;;;;;/p-1. The molecule has 0 N–H and O–H groups in total. The van der Waals surface area contributed by atoms with E-state index in [1.165, 1.54) is 115 Å². The molecule has 474 valence electrons. The number of imidazole rings is 7. The molecule has 0 spiro atoms. The van der Waals surface area contributed by atoms with Crippen molar-refractivity contribution in [3.63, 3.8) is 0 Å². The average Bonchev–Trinajstić information content (AvgIpc) is 4.29. The third-order valence-corrected chi connectivity index (χ3v) is 12.2. The molecule has 0 unspecified atom stereocenters. The fourth-order valence-electron chi connectivity index (χ4n) is 7.39. The number of aryl methyl sites for hydroxylation is 14. The lowest BCUT2D eigenvalue weighted by atomic mass is 10.2. The summed E-state index contributed by atoms with van der Waals surface area (Å²) in [7, 11) is 14.4. The van der Waals surface area contributed by atoms with Gasteiger partial charge in [0, 0.05) is 6.92 Å². The van der Waals surface area contributed by atoms with Crippen LogP contribution in [0.5, 0.6) is 0 Å². The van der Waals surface area contributed by atoms with Gasteiger partial charge in [-0.3, -0.25) is 0 Å². The zero-order valence-electron chi connectivity index (χ0n) is 49.9. The van der Waals surface area contributed by atoms with Crippen LogP contribution >= 0.6 is 0 Å². The van der Waals surface area contributed by atoms with Crippen molar-refractivity contribution in [3.8, 4) is 0 Å². The molecule has 0 aliphatic carbocycles. The Labute approximate surface area is 509 Å². The highest BCUT2D eigenvalue weighted by Gasteiger charge is 2.07. The van der Waals surface area contributed by atoms with Crippen LogP contribution in [0.1, 0.15) is 209 Å². The minimum absolute atomic E-state index is 0. The van der Waals surface area contributed by atoms with Gasteiger partial charge in [-0.2, -0.15) is 0 Å². The van der Waals surface area contributed by atoms with Crippen LogP contribution in [0.2, 0.25) is 0 Å². The summed E-state index contributed by atoms with van der Waals surface area (Å²) in [6.07, 6.45) is 62.6. The summed E-state index contributed by atoms with van der Waals surface area (Å²) in [5.41, 5.74) is 0. The first-order chi connectivity index (χ1) is 35.2. The zero-order valence-corrected chi connectivity index (χ0v) is 50.7. The number of hydrogen-bond donors (Lipinski definition) is 0. The van der Waals surface area contributed by atoms with E-state index in [2.05, 4.69) is 258 Å². The van der Waals surface area contributed by atoms with Gasteiger partial charge in [-0.05, 0) is 51.4 Å². The molecule has 0 aliphatic heterocycles. The van der Waals surface area contributed by atoms with E-state index in [1.54, 1.807) is 0 Å². The maximum absolute atomic E-state index is 2.30. The van der Waals surface area contributed by atoms with E-state index in [4.69, 9.17) is 0 Å². The predicted molar refractivity (Wildman–Crippen MR) is 345 cm³/mol. The Morgan fingerprint density at radius 3 is 0.654 bits per heavy atom. The molecule has 0 fully saturated rings. The van der Waals surface area contributed by atoms with E-state index in [1.807, 2.05) is 35.2 Å². The largest absolute Gasteiger partial charge is 1.00 e. The molecule has 0 saturated carbocycles. The Balaban J connectivity index is -0.000000126. The van der Waals surface area contributed by atoms with Gasteiger partial charge in [-0.15, -0.1) is 0 Å². The molecule has 15 heteroatoms. The van der Waals surface area contributed by atoms with Crippen molar-refractivity contribution in [1.29, 1.82) is 0 Å². The third kappa shape index (κ3) is 47.0. The van der Waals surface area contributed by atoms with Crippen LogP contribution in [-0.4, -0.2) is 32.0 Å². The first-order valence-electron chi connectivity index (χ1n) is 28.3. The highest BCUT2D eigenvalue weighted by atomic mass is 35.5. The second-order valence-corrected chi connectivity index (χ2v) is 19.7. The van der Waals surface area contributed by atoms with Crippen molar-refractivity contribution < 1.29 is 44.4 Å². The molecule has 7 aromatic heterocycles. The monoisotopic (exact) mass is 1160 g/mol. The van der Waals surface area contributed by atoms with Crippen molar-refractivity contribution in [3.05, 3.63) is 131 Å². The zero-order chi connectivity index (χ0) is 54.1. The Hall–Kier alpha value is -5.24. The Bertz CT molecular complexity index is 2050. The number of unbranched alkanes of at least 4 members (excludes halogenated alkanes) is 9. The van der Waals surface area contributed by atoms with Crippen LogP contribution in [0.3, 0.4) is 0 Å². The molecule has 7 aromatic rings. The Kier molecular flexibility index (Phi) is 67.6. The highest BCUT2D eigenvalue weighted by molar-refractivity contribution is 4.79. The minimum atomic E-state index is 0. The van der Waals surface area contributed by atoms with Gasteiger partial charge in [0.25, 0.3) is 5.82 Å². The van der Waals surface area contributed by atoms with Gasteiger partial charge in [-0.25, -0.2) is 63.9 Å². The summed E-state index contributed by atoms with van der Waals surface area (Å²) in [5, 5.41) is 0. The summed E-state index contributed by atoms with van der Waals surface area (Å²) in [6, 6.07) is 0. The lowest BCUT2D eigenvalue weighted by Crippen LogP contribution is -3.00. The SMILES string of the molecule is C.C.C.C.C.C.C.CCCCCCn1cc[n+](C)c1.CCCCn1cc[n+](C)c1.CCCCn1cc[n+](C)c1.CCCCn1cc[n+](C)c1.CCCCn1cc[n+](C)c1.CCCCn1cc[n+](C)c1.CCCCn1cc[n+](C)c1C.[Cl-].